The second-order valence-electron chi connectivity index (χ2n) is 11.7. The second-order valence-corrected chi connectivity index (χ2v) is 11.7. The number of benzene rings is 3. The molecule has 0 bridgehead atoms. The number of nitrogens with zero attached hydrogens (tertiary/aromatic N) is 2. The monoisotopic (exact) mass is 570 g/mol. The first-order chi connectivity index (χ1) is 20.2. The van der Waals surface area contributed by atoms with Gasteiger partial charge in [0.05, 0.1) is 6.61 Å². The number of esters is 1. The van der Waals surface area contributed by atoms with Crippen LogP contribution in [0.25, 0.3) is 0 Å². The fourth-order valence-corrected chi connectivity index (χ4v) is 5.43. The van der Waals surface area contributed by atoms with Crippen molar-refractivity contribution < 1.29 is 28.9 Å². The Morgan fingerprint density at radius 2 is 1.76 bits per heavy atom. The lowest BCUT2D eigenvalue weighted by atomic mass is 9.83. The highest BCUT2D eigenvalue weighted by atomic mass is 16.6. The van der Waals surface area contributed by atoms with E-state index in [0.29, 0.717) is 43.3 Å². The van der Waals surface area contributed by atoms with Crippen LogP contribution in [0.1, 0.15) is 68.4 Å². The van der Waals surface area contributed by atoms with Gasteiger partial charge in [0, 0.05) is 43.7 Å². The molecule has 3 aromatic rings. The van der Waals surface area contributed by atoms with Crippen molar-refractivity contribution in [1.82, 2.24) is 4.90 Å². The van der Waals surface area contributed by atoms with Crippen LogP contribution in [0, 0.1) is 0 Å². The fraction of sp³-hybridized carbons (Fsp3) is 0.382. The van der Waals surface area contributed by atoms with E-state index in [0.717, 1.165) is 16.7 Å². The van der Waals surface area contributed by atoms with Gasteiger partial charge in [0.1, 0.15) is 11.4 Å². The minimum absolute atomic E-state index is 0.0125. The molecule has 1 amide bonds. The van der Waals surface area contributed by atoms with Crippen LogP contribution in [0.4, 0.5) is 0 Å². The smallest absolute Gasteiger partial charge is 0.306 e. The summed E-state index contributed by atoms with van der Waals surface area (Å²) >= 11 is 0. The Morgan fingerprint density at radius 1 is 1.05 bits per heavy atom. The summed E-state index contributed by atoms with van der Waals surface area (Å²) in [6.07, 6.45) is -0.0180. The second kappa shape index (κ2) is 12.4. The van der Waals surface area contributed by atoms with E-state index >= 15 is 0 Å². The van der Waals surface area contributed by atoms with Crippen LogP contribution in [0.2, 0.25) is 0 Å². The molecule has 0 unspecified atom stereocenters. The number of ether oxygens (including phenoxy) is 3. The molecule has 0 aliphatic carbocycles. The van der Waals surface area contributed by atoms with Crippen LogP contribution in [0.5, 0.6) is 5.75 Å². The van der Waals surface area contributed by atoms with Crippen LogP contribution in [0.15, 0.2) is 83.9 Å². The molecule has 0 spiro atoms. The number of carbonyl (C=O) groups is 2. The highest BCUT2D eigenvalue weighted by Crippen LogP contribution is 2.47. The number of amides is 1. The Morgan fingerprint density at radius 3 is 2.48 bits per heavy atom. The van der Waals surface area contributed by atoms with Gasteiger partial charge >= 0.3 is 5.97 Å². The number of hydrogen-bond donors (Lipinski definition) is 1. The van der Waals surface area contributed by atoms with Gasteiger partial charge in [-0.2, -0.15) is 0 Å². The molecule has 1 N–H and O–H groups in total. The average molecular weight is 571 g/mol. The zero-order valence-corrected chi connectivity index (χ0v) is 24.4. The summed E-state index contributed by atoms with van der Waals surface area (Å²) in [5.41, 5.74) is 1.57. The number of aliphatic imine (C=N–C) groups is 1. The van der Waals surface area contributed by atoms with E-state index < -0.39 is 17.2 Å². The zero-order chi connectivity index (χ0) is 29.7. The quantitative estimate of drug-likeness (QED) is 0.260. The number of aliphatic hydroxyl groups is 1. The van der Waals surface area contributed by atoms with Gasteiger partial charge in [0.25, 0.3) is 5.91 Å². The molecule has 0 radical (unpaired) electrons. The molecule has 0 fully saturated rings. The average Bonchev–Trinajstić information content (AvgIpc) is 3.33. The van der Waals surface area contributed by atoms with Gasteiger partial charge in [0.15, 0.2) is 11.6 Å². The molecule has 0 aromatic heterocycles. The Kier molecular flexibility index (Phi) is 8.64. The summed E-state index contributed by atoms with van der Waals surface area (Å²) in [4.78, 5) is 34.4. The lowest BCUT2D eigenvalue weighted by Gasteiger charge is -2.32. The predicted octanol–water partition coefficient (Wildman–Crippen LogP) is 5.37. The van der Waals surface area contributed by atoms with Gasteiger partial charge in [0.2, 0.25) is 5.90 Å². The van der Waals surface area contributed by atoms with Crippen LogP contribution < -0.4 is 4.74 Å². The van der Waals surface area contributed by atoms with E-state index in [1.54, 1.807) is 0 Å². The third-order valence-electron chi connectivity index (χ3n) is 7.34. The normalized spacial score (nSPS) is 19.7. The molecule has 2 aliphatic heterocycles. The van der Waals surface area contributed by atoms with Crippen molar-refractivity contribution >= 4 is 17.8 Å². The molecular weight excluding hydrogens is 532 g/mol. The highest BCUT2D eigenvalue weighted by Gasteiger charge is 2.56. The largest absolute Gasteiger partial charge is 0.494 e. The SMILES string of the molecule is CC(C)(C)OC(=O)CC[C@]12N=C(c3ccc(OCCCO)cc3)O[C@H]1c1ccccc1CN(Cc1ccccc1)C2=O. The third-order valence-corrected chi connectivity index (χ3v) is 7.34. The maximum absolute atomic E-state index is 14.6. The lowest BCUT2D eigenvalue weighted by Crippen LogP contribution is -2.48. The first-order valence-corrected chi connectivity index (χ1v) is 14.4. The predicted molar refractivity (Wildman–Crippen MR) is 159 cm³/mol. The van der Waals surface area contributed by atoms with Gasteiger partial charge in [-0.25, -0.2) is 4.99 Å². The van der Waals surface area contributed by atoms with Crippen molar-refractivity contribution in [3.63, 3.8) is 0 Å². The molecule has 0 saturated heterocycles. The molecule has 42 heavy (non-hydrogen) atoms. The Bertz CT molecular complexity index is 1430. The molecule has 8 heteroatoms. The van der Waals surface area contributed by atoms with Crippen LogP contribution in [-0.4, -0.2) is 52.1 Å². The van der Waals surface area contributed by atoms with E-state index in [4.69, 9.17) is 24.3 Å². The molecule has 2 atom stereocenters. The van der Waals surface area contributed by atoms with Gasteiger partial charge in [-0.3, -0.25) is 9.59 Å². The Balaban J connectivity index is 1.54. The minimum Gasteiger partial charge on any atom is -0.494 e. The molecular formula is C34H38N2O6. The molecule has 8 nitrogen and oxygen atoms in total. The van der Waals surface area contributed by atoms with Gasteiger partial charge in [-0.15, -0.1) is 0 Å². The summed E-state index contributed by atoms with van der Waals surface area (Å²) in [6, 6.07) is 25.1. The topological polar surface area (TPSA) is 97.7 Å². The first kappa shape index (κ1) is 29.3. The highest BCUT2D eigenvalue weighted by molar-refractivity contribution is 6.01. The van der Waals surface area contributed by atoms with E-state index in [-0.39, 0.29) is 31.3 Å². The molecule has 0 saturated carbocycles. The third kappa shape index (κ3) is 6.49. The van der Waals surface area contributed by atoms with Crippen molar-refractivity contribution in [2.24, 2.45) is 4.99 Å². The fourth-order valence-electron chi connectivity index (χ4n) is 5.43. The molecule has 2 aliphatic rings. The van der Waals surface area contributed by atoms with E-state index in [1.807, 2.05) is 105 Å². The molecule has 2 heterocycles. The van der Waals surface area contributed by atoms with E-state index in [9.17, 15) is 9.59 Å². The van der Waals surface area contributed by atoms with Gasteiger partial charge < -0.3 is 24.2 Å². The molecule has 220 valence electrons. The molecule has 3 aromatic carbocycles. The number of hydrogen-bond acceptors (Lipinski definition) is 7. The summed E-state index contributed by atoms with van der Waals surface area (Å²) < 4.78 is 17.9. The summed E-state index contributed by atoms with van der Waals surface area (Å²) in [5, 5.41) is 9.03. The van der Waals surface area contributed by atoms with Crippen molar-refractivity contribution in [1.29, 1.82) is 0 Å². The van der Waals surface area contributed by atoms with Crippen molar-refractivity contribution in [2.45, 2.75) is 70.4 Å². The number of fused-ring (bicyclic) bond motifs is 3. The Labute approximate surface area is 246 Å². The summed E-state index contributed by atoms with van der Waals surface area (Å²) in [7, 11) is 0. The minimum atomic E-state index is -1.36. The van der Waals surface area contributed by atoms with Crippen molar-refractivity contribution in [3.05, 3.63) is 101 Å². The number of aliphatic hydroxyl groups excluding tert-OH is 1. The van der Waals surface area contributed by atoms with Crippen molar-refractivity contribution in [3.8, 4) is 5.75 Å². The lowest BCUT2D eigenvalue weighted by molar-refractivity contribution is -0.155. The van der Waals surface area contributed by atoms with Crippen molar-refractivity contribution in [2.75, 3.05) is 13.2 Å². The van der Waals surface area contributed by atoms with Crippen LogP contribution in [0.3, 0.4) is 0 Å². The zero-order valence-electron chi connectivity index (χ0n) is 24.4. The molecule has 5 rings (SSSR count). The number of rotatable bonds is 10. The van der Waals surface area contributed by atoms with Crippen LogP contribution in [-0.2, 0) is 32.2 Å². The number of carbonyl (C=O) groups excluding carboxylic acids is 2. The maximum atomic E-state index is 14.6. The first-order valence-electron chi connectivity index (χ1n) is 14.4. The van der Waals surface area contributed by atoms with Gasteiger partial charge in [-0.1, -0.05) is 54.6 Å². The van der Waals surface area contributed by atoms with Gasteiger partial charge in [-0.05, 0) is 62.6 Å². The summed E-state index contributed by atoms with van der Waals surface area (Å²) in [6.45, 7) is 6.76. The van der Waals surface area contributed by atoms with E-state index in [1.165, 1.54) is 0 Å². The summed E-state index contributed by atoms with van der Waals surface area (Å²) in [5.74, 6) is 0.435. The van der Waals surface area contributed by atoms with E-state index in [2.05, 4.69) is 0 Å². The van der Waals surface area contributed by atoms with Crippen LogP contribution >= 0.6 is 0 Å². The maximum Gasteiger partial charge on any atom is 0.306 e. The standard InChI is InChI=1S/C34H38N2O6/c1-33(2,3)42-29(38)18-19-34-30(41-31(35-34)25-14-16-27(17-15-25)40-21-9-20-37)28-13-8-7-12-26(28)23-36(32(34)39)22-24-10-5-4-6-11-24/h4-8,10-17,30,37H,9,18-23H2,1-3H3/t30-,34-/m0/s1. The Hall–Kier alpha value is -4.17.